The first-order valence-corrected chi connectivity index (χ1v) is 10.1. The molecule has 1 fully saturated rings. The minimum atomic E-state index is -0.618. The molecule has 0 spiro atoms. The standard InChI is InChI=1S/C20H16BrClN2O4S/c1-3-28-17-7-11(14(21)9-16(17)25)6-13-18(26)23-20(29)24(19(13)27)12-5-4-10(2)15(22)8-12/h4-9,25H,3H2,1-2H3,(H,23,26,29)/b13-6+. The van der Waals surface area contributed by atoms with Gasteiger partial charge in [-0.05, 0) is 67.5 Å². The lowest BCUT2D eigenvalue weighted by atomic mass is 10.1. The van der Waals surface area contributed by atoms with Crippen LogP contribution in [0.2, 0.25) is 5.02 Å². The van der Waals surface area contributed by atoms with Crippen molar-refractivity contribution in [2.45, 2.75) is 13.8 Å². The Kier molecular flexibility index (Phi) is 6.26. The molecule has 150 valence electrons. The van der Waals surface area contributed by atoms with Crippen LogP contribution >= 0.6 is 39.7 Å². The molecule has 29 heavy (non-hydrogen) atoms. The number of thiocarbonyl (C=S) groups is 1. The van der Waals surface area contributed by atoms with Gasteiger partial charge in [0.25, 0.3) is 11.8 Å². The molecule has 2 amide bonds. The summed E-state index contributed by atoms with van der Waals surface area (Å²) in [6.45, 7) is 3.97. The second-order valence-corrected chi connectivity index (χ2v) is 7.81. The molecule has 3 rings (SSSR count). The fraction of sp³-hybridized carbons (Fsp3) is 0.150. The van der Waals surface area contributed by atoms with Crippen molar-refractivity contribution in [1.29, 1.82) is 0 Å². The Morgan fingerprint density at radius 2 is 2.03 bits per heavy atom. The van der Waals surface area contributed by atoms with Crippen LogP contribution < -0.4 is 15.0 Å². The van der Waals surface area contributed by atoms with E-state index in [0.29, 0.717) is 27.4 Å². The Balaban J connectivity index is 2.06. The van der Waals surface area contributed by atoms with E-state index in [1.54, 1.807) is 25.1 Å². The summed E-state index contributed by atoms with van der Waals surface area (Å²) in [5.41, 5.74) is 1.66. The van der Waals surface area contributed by atoms with E-state index in [2.05, 4.69) is 21.2 Å². The van der Waals surface area contributed by atoms with Crippen LogP contribution in [-0.4, -0.2) is 28.6 Å². The maximum atomic E-state index is 13.1. The van der Waals surface area contributed by atoms with Crippen molar-refractivity contribution >= 4 is 68.4 Å². The molecule has 6 nitrogen and oxygen atoms in total. The molecule has 2 aromatic carbocycles. The lowest BCUT2D eigenvalue weighted by Crippen LogP contribution is -2.54. The first kappa shape index (κ1) is 21.3. The summed E-state index contributed by atoms with van der Waals surface area (Å²) in [5, 5.41) is 12.9. The molecule has 0 aromatic heterocycles. The average molecular weight is 496 g/mol. The summed E-state index contributed by atoms with van der Waals surface area (Å²) >= 11 is 14.7. The van der Waals surface area contributed by atoms with E-state index in [-0.39, 0.29) is 22.2 Å². The van der Waals surface area contributed by atoms with Gasteiger partial charge in [-0.25, -0.2) is 0 Å². The maximum Gasteiger partial charge on any atom is 0.270 e. The van der Waals surface area contributed by atoms with Crippen LogP contribution in [0.3, 0.4) is 0 Å². The highest BCUT2D eigenvalue weighted by Gasteiger charge is 2.34. The van der Waals surface area contributed by atoms with Crippen molar-refractivity contribution in [2.75, 3.05) is 11.5 Å². The zero-order valence-electron chi connectivity index (χ0n) is 15.5. The van der Waals surface area contributed by atoms with Gasteiger partial charge in [0.1, 0.15) is 5.57 Å². The van der Waals surface area contributed by atoms with Crippen LogP contribution in [0.1, 0.15) is 18.1 Å². The maximum absolute atomic E-state index is 13.1. The van der Waals surface area contributed by atoms with E-state index in [4.69, 9.17) is 28.6 Å². The number of halogens is 2. The molecular weight excluding hydrogens is 480 g/mol. The Hall–Kier alpha value is -2.42. The summed E-state index contributed by atoms with van der Waals surface area (Å²) in [4.78, 5) is 26.8. The second kappa shape index (κ2) is 8.52. The Morgan fingerprint density at radius 3 is 2.69 bits per heavy atom. The number of nitrogens with one attached hydrogen (secondary N) is 1. The van der Waals surface area contributed by atoms with E-state index >= 15 is 0 Å². The van der Waals surface area contributed by atoms with Crippen molar-refractivity contribution in [1.82, 2.24) is 5.32 Å². The third-order valence-corrected chi connectivity index (χ3v) is 5.57. The molecule has 1 aliphatic heterocycles. The quantitative estimate of drug-likeness (QED) is 0.375. The average Bonchev–Trinajstić information content (AvgIpc) is 2.65. The number of amides is 2. The first-order chi connectivity index (χ1) is 13.7. The Morgan fingerprint density at radius 1 is 1.31 bits per heavy atom. The SMILES string of the molecule is CCOc1cc(/C=C2\C(=O)NC(=S)N(c3ccc(C)c(Cl)c3)C2=O)c(Br)cc1O. The highest BCUT2D eigenvalue weighted by atomic mass is 79.9. The normalized spacial score (nSPS) is 15.7. The van der Waals surface area contributed by atoms with E-state index in [9.17, 15) is 14.7 Å². The van der Waals surface area contributed by atoms with Crippen LogP contribution in [-0.2, 0) is 9.59 Å². The number of phenolic OH excluding ortho intramolecular Hbond substituents is 1. The van der Waals surface area contributed by atoms with Crippen molar-refractivity contribution in [3.63, 3.8) is 0 Å². The lowest BCUT2D eigenvalue weighted by molar-refractivity contribution is -0.122. The fourth-order valence-corrected chi connectivity index (χ4v) is 3.61. The zero-order chi connectivity index (χ0) is 21.3. The highest BCUT2D eigenvalue weighted by Crippen LogP contribution is 2.34. The largest absolute Gasteiger partial charge is 0.504 e. The summed E-state index contributed by atoms with van der Waals surface area (Å²) < 4.78 is 5.87. The van der Waals surface area contributed by atoms with Gasteiger partial charge in [0.2, 0.25) is 0 Å². The number of hydrogen-bond acceptors (Lipinski definition) is 5. The molecule has 0 bridgehead atoms. The van der Waals surface area contributed by atoms with E-state index in [1.165, 1.54) is 23.1 Å². The molecule has 0 aliphatic carbocycles. The first-order valence-electron chi connectivity index (χ1n) is 8.55. The predicted octanol–water partition coefficient (Wildman–Crippen LogP) is 4.35. The third kappa shape index (κ3) is 4.29. The summed E-state index contributed by atoms with van der Waals surface area (Å²) in [6, 6.07) is 8.05. The van der Waals surface area contributed by atoms with Gasteiger partial charge in [-0.2, -0.15) is 0 Å². The second-order valence-electron chi connectivity index (χ2n) is 6.17. The van der Waals surface area contributed by atoms with E-state index in [1.807, 2.05) is 6.92 Å². The van der Waals surface area contributed by atoms with Gasteiger partial charge in [-0.15, -0.1) is 0 Å². The fourth-order valence-electron chi connectivity index (χ4n) is 2.71. The van der Waals surface area contributed by atoms with Crippen molar-refractivity contribution in [2.24, 2.45) is 0 Å². The number of carbonyl (C=O) groups is 2. The molecule has 1 saturated heterocycles. The highest BCUT2D eigenvalue weighted by molar-refractivity contribution is 9.10. The van der Waals surface area contributed by atoms with Crippen LogP contribution in [0, 0.1) is 6.92 Å². The van der Waals surface area contributed by atoms with Gasteiger partial charge in [0.05, 0.1) is 12.3 Å². The van der Waals surface area contributed by atoms with Gasteiger partial charge in [0.15, 0.2) is 16.6 Å². The molecule has 0 radical (unpaired) electrons. The van der Waals surface area contributed by atoms with Gasteiger partial charge in [0, 0.05) is 9.50 Å². The molecule has 0 unspecified atom stereocenters. The smallest absolute Gasteiger partial charge is 0.270 e. The van der Waals surface area contributed by atoms with E-state index in [0.717, 1.165) is 5.56 Å². The summed E-state index contributed by atoms with van der Waals surface area (Å²) in [6.07, 6.45) is 1.41. The van der Waals surface area contributed by atoms with Crippen LogP contribution in [0.15, 0.2) is 40.4 Å². The molecule has 0 atom stereocenters. The third-order valence-electron chi connectivity index (χ3n) is 4.19. The van der Waals surface area contributed by atoms with Crippen LogP contribution in [0.5, 0.6) is 11.5 Å². The predicted molar refractivity (Wildman–Crippen MR) is 119 cm³/mol. The van der Waals surface area contributed by atoms with E-state index < -0.39 is 11.8 Å². The number of anilines is 1. The summed E-state index contributed by atoms with van der Waals surface area (Å²) in [5.74, 6) is -1.02. The summed E-state index contributed by atoms with van der Waals surface area (Å²) in [7, 11) is 0. The number of benzene rings is 2. The zero-order valence-corrected chi connectivity index (χ0v) is 18.6. The monoisotopic (exact) mass is 494 g/mol. The molecular formula is C20H16BrClN2O4S. The molecule has 1 aliphatic rings. The molecule has 0 saturated carbocycles. The lowest BCUT2D eigenvalue weighted by Gasteiger charge is -2.29. The molecule has 1 heterocycles. The molecule has 9 heteroatoms. The number of hydrogen-bond donors (Lipinski definition) is 2. The number of rotatable bonds is 4. The van der Waals surface area contributed by atoms with Crippen LogP contribution in [0.25, 0.3) is 6.08 Å². The van der Waals surface area contributed by atoms with Crippen molar-refractivity contribution < 1.29 is 19.4 Å². The molecule has 2 aromatic rings. The van der Waals surface area contributed by atoms with Gasteiger partial charge < -0.3 is 9.84 Å². The Bertz CT molecular complexity index is 1070. The minimum Gasteiger partial charge on any atom is -0.504 e. The number of phenols is 1. The van der Waals surface area contributed by atoms with Gasteiger partial charge in [-0.3, -0.25) is 19.8 Å². The van der Waals surface area contributed by atoms with Crippen LogP contribution in [0.4, 0.5) is 5.69 Å². The van der Waals surface area contributed by atoms with Crippen molar-refractivity contribution in [3.05, 3.63) is 56.5 Å². The van der Waals surface area contributed by atoms with Gasteiger partial charge >= 0.3 is 0 Å². The van der Waals surface area contributed by atoms with Crippen molar-refractivity contribution in [3.8, 4) is 11.5 Å². The number of aromatic hydroxyl groups is 1. The minimum absolute atomic E-state index is 0.0307. The Labute approximate surface area is 186 Å². The number of aryl methyl sites for hydroxylation is 1. The number of carbonyl (C=O) groups excluding carboxylic acids is 2. The topological polar surface area (TPSA) is 78.9 Å². The number of nitrogens with zero attached hydrogens (tertiary/aromatic N) is 1. The van der Waals surface area contributed by atoms with Gasteiger partial charge in [-0.1, -0.05) is 33.6 Å². The number of ether oxygens (including phenoxy) is 1. The molecule has 2 N–H and O–H groups in total.